The second-order valence-electron chi connectivity index (χ2n) is 7.41. The third kappa shape index (κ3) is 5.69. The van der Waals surface area contributed by atoms with Crippen molar-refractivity contribution in [2.24, 2.45) is 5.73 Å². The van der Waals surface area contributed by atoms with Crippen LogP contribution in [0, 0.1) is 0 Å². The molecule has 2 rings (SSSR count). The molecule has 0 fully saturated rings. The monoisotopic (exact) mass is 340 g/mol. The summed E-state index contributed by atoms with van der Waals surface area (Å²) < 4.78 is 0. The van der Waals surface area contributed by atoms with Crippen molar-refractivity contribution < 1.29 is 9.90 Å². The molecule has 0 spiro atoms. The minimum absolute atomic E-state index is 0.0747. The molecule has 25 heavy (non-hydrogen) atoms. The molecule has 0 aromatic heterocycles. The summed E-state index contributed by atoms with van der Waals surface area (Å²) in [5.41, 5.74) is 9.05. The van der Waals surface area contributed by atoms with Crippen molar-refractivity contribution in [3.8, 4) is 0 Å². The van der Waals surface area contributed by atoms with Gasteiger partial charge in [-0.15, -0.1) is 0 Å². The lowest BCUT2D eigenvalue weighted by Gasteiger charge is -2.20. The van der Waals surface area contributed by atoms with Gasteiger partial charge in [0.15, 0.2) is 0 Å². The number of nitrogens with one attached hydrogen (secondary N) is 1. The van der Waals surface area contributed by atoms with Gasteiger partial charge in [0, 0.05) is 19.0 Å². The molecule has 0 radical (unpaired) electrons. The van der Waals surface area contributed by atoms with Crippen LogP contribution in [0.4, 0.5) is 0 Å². The van der Waals surface area contributed by atoms with Crippen LogP contribution >= 0.6 is 0 Å². The zero-order chi connectivity index (χ0) is 18.4. The van der Waals surface area contributed by atoms with Gasteiger partial charge in [0.05, 0.1) is 6.10 Å². The third-order valence-corrected chi connectivity index (χ3v) is 4.29. The van der Waals surface area contributed by atoms with Crippen LogP contribution in [0.5, 0.6) is 0 Å². The van der Waals surface area contributed by atoms with Crippen molar-refractivity contribution in [1.29, 1.82) is 0 Å². The van der Waals surface area contributed by atoms with Crippen molar-refractivity contribution >= 4 is 5.91 Å². The van der Waals surface area contributed by atoms with Crippen molar-refractivity contribution in [2.75, 3.05) is 6.54 Å². The molecule has 0 aliphatic rings. The Labute approximate surface area is 150 Å². The molecule has 0 saturated heterocycles. The Kier molecular flexibility index (Phi) is 6.34. The van der Waals surface area contributed by atoms with Gasteiger partial charge in [0.2, 0.25) is 5.91 Å². The first-order chi connectivity index (χ1) is 11.8. The Morgan fingerprint density at radius 2 is 1.64 bits per heavy atom. The van der Waals surface area contributed by atoms with Crippen LogP contribution in [0.15, 0.2) is 54.6 Å². The fraction of sp³-hybridized carbons (Fsp3) is 0.381. The Balaban J connectivity index is 1.85. The number of amides is 1. The fourth-order valence-electron chi connectivity index (χ4n) is 2.62. The van der Waals surface area contributed by atoms with E-state index in [9.17, 15) is 9.90 Å². The van der Waals surface area contributed by atoms with E-state index < -0.39 is 6.10 Å². The van der Waals surface area contributed by atoms with Crippen LogP contribution in [0.3, 0.4) is 0 Å². The first kappa shape index (κ1) is 19.2. The Morgan fingerprint density at radius 3 is 2.20 bits per heavy atom. The van der Waals surface area contributed by atoms with Gasteiger partial charge in [-0.05, 0) is 22.1 Å². The Hall–Kier alpha value is -2.17. The van der Waals surface area contributed by atoms with Crippen LogP contribution in [-0.2, 0) is 10.2 Å². The molecule has 4 heteroatoms. The normalized spacial score (nSPS) is 14.0. The molecule has 0 bridgehead atoms. The standard InChI is InChI=1S/C21H28N2O2/c1-21(2,3)17-11-9-16(10-12-17)19(24)14-23-20(25)13-18(22)15-7-5-4-6-8-15/h4-12,18-19,24H,13-14,22H2,1-3H3,(H,23,25). The van der Waals surface area contributed by atoms with Crippen LogP contribution in [0.1, 0.15) is 56.0 Å². The average Bonchev–Trinajstić information content (AvgIpc) is 2.59. The molecule has 134 valence electrons. The van der Waals surface area contributed by atoms with Gasteiger partial charge < -0.3 is 16.2 Å². The van der Waals surface area contributed by atoms with E-state index >= 15 is 0 Å². The van der Waals surface area contributed by atoms with E-state index in [0.29, 0.717) is 0 Å². The SMILES string of the molecule is CC(C)(C)c1ccc(C(O)CNC(=O)CC(N)c2ccccc2)cc1. The van der Waals surface area contributed by atoms with Crippen LogP contribution in [0.25, 0.3) is 0 Å². The first-order valence-electron chi connectivity index (χ1n) is 8.63. The molecular formula is C21H28N2O2. The van der Waals surface area contributed by atoms with E-state index in [4.69, 9.17) is 5.73 Å². The van der Waals surface area contributed by atoms with E-state index in [2.05, 4.69) is 26.1 Å². The molecule has 1 amide bonds. The summed E-state index contributed by atoms with van der Waals surface area (Å²) in [5, 5.41) is 13.0. The summed E-state index contributed by atoms with van der Waals surface area (Å²) >= 11 is 0. The van der Waals surface area contributed by atoms with Gasteiger partial charge in [-0.2, -0.15) is 0 Å². The minimum Gasteiger partial charge on any atom is -0.387 e. The lowest BCUT2D eigenvalue weighted by atomic mass is 9.86. The summed E-state index contributed by atoms with van der Waals surface area (Å²) in [7, 11) is 0. The Morgan fingerprint density at radius 1 is 1.04 bits per heavy atom. The largest absolute Gasteiger partial charge is 0.387 e. The second-order valence-corrected chi connectivity index (χ2v) is 7.41. The van der Waals surface area contributed by atoms with Gasteiger partial charge in [-0.25, -0.2) is 0 Å². The second kappa shape index (κ2) is 8.28. The summed E-state index contributed by atoms with van der Waals surface area (Å²) in [6, 6.07) is 17.0. The maximum atomic E-state index is 12.0. The fourth-order valence-corrected chi connectivity index (χ4v) is 2.62. The highest BCUT2D eigenvalue weighted by molar-refractivity contribution is 5.76. The maximum absolute atomic E-state index is 12.0. The summed E-state index contributed by atoms with van der Waals surface area (Å²) in [4.78, 5) is 12.0. The van der Waals surface area contributed by atoms with Gasteiger partial charge in [0.1, 0.15) is 0 Å². The van der Waals surface area contributed by atoms with Crippen molar-refractivity contribution in [1.82, 2.24) is 5.32 Å². The van der Waals surface area contributed by atoms with Gasteiger partial charge in [-0.1, -0.05) is 75.4 Å². The van der Waals surface area contributed by atoms with Crippen molar-refractivity contribution in [3.05, 3.63) is 71.3 Å². The molecule has 0 aliphatic carbocycles. The highest BCUT2D eigenvalue weighted by Gasteiger charge is 2.16. The lowest BCUT2D eigenvalue weighted by Crippen LogP contribution is -2.31. The summed E-state index contributed by atoms with van der Waals surface area (Å²) in [5.74, 6) is -0.165. The summed E-state index contributed by atoms with van der Waals surface area (Å²) in [6.45, 7) is 6.62. The number of hydrogen-bond donors (Lipinski definition) is 3. The van der Waals surface area contributed by atoms with E-state index in [1.54, 1.807) is 0 Å². The van der Waals surface area contributed by atoms with Crippen LogP contribution < -0.4 is 11.1 Å². The number of carbonyl (C=O) groups is 1. The molecule has 0 saturated carbocycles. The number of hydrogen-bond acceptors (Lipinski definition) is 3. The number of carbonyl (C=O) groups excluding carboxylic acids is 1. The lowest BCUT2D eigenvalue weighted by molar-refractivity contribution is -0.121. The van der Waals surface area contributed by atoms with Crippen LogP contribution in [0.2, 0.25) is 0 Å². The Bertz CT molecular complexity index is 675. The topological polar surface area (TPSA) is 75.3 Å². The van der Waals surface area contributed by atoms with E-state index in [1.165, 1.54) is 5.56 Å². The van der Waals surface area contributed by atoms with E-state index in [-0.39, 0.29) is 30.3 Å². The van der Waals surface area contributed by atoms with Crippen molar-refractivity contribution in [3.63, 3.8) is 0 Å². The van der Waals surface area contributed by atoms with Gasteiger partial charge >= 0.3 is 0 Å². The molecule has 4 N–H and O–H groups in total. The van der Waals surface area contributed by atoms with E-state index in [1.807, 2.05) is 54.6 Å². The molecule has 0 heterocycles. The molecular weight excluding hydrogens is 312 g/mol. The van der Waals surface area contributed by atoms with E-state index in [0.717, 1.165) is 11.1 Å². The zero-order valence-corrected chi connectivity index (χ0v) is 15.2. The molecule has 2 atom stereocenters. The molecule has 2 aromatic carbocycles. The number of aliphatic hydroxyl groups is 1. The number of rotatable bonds is 6. The first-order valence-corrected chi connectivity index (χ1v) is 8.63. The smallest absolute Gasteiger partial charge is 0.222 e. The van der Waals surface area contributed by atoms with Crippen LogP contribution in [-0.4, -0.2) is 17.6 Å². The highest BCUT2D eigenvalue weighted by Crippen LogP contribution is 2.23. The molecule has 2 unspecified atom stereocenters. The quantitative estimate of drug-likeness (QED) is 0.756. The third-order valence-electron chi connectivity index (χ3n) is 4.29. The number of aliphatic hydroxyl groups excluding tert-OH is 1. The van der Waals surface area contributed by atoms with Gasteiger partial charge in [-0.3, -0.25) is 4.79 Å². The van der Waals surface area contributed by atoms with Crippen molar-refractivity contribution in [2.45, 2.75) is 44.8 Å². The molecule has 4 nitrogen and oxygen atoms in total. The average molecular weight is 340 g/mol. The predicted molar refractivity (Wildman–Crippen MR) is 101 cm³/mol. The predicted octanol–water partition coefficient (Wildman–Crippen LogP) is 3.22. The molecule has 0 aliphatic heterocycles. The minimum atomic E-state index is -0.731. The maximum Gasteiger partial charge on any atom is 0.222 e. The number of nitrogens with two attached hydrogens (primary N) is 1. The number of benzene rings is 2. The molecule has 2 aromatic rings. The zero-order valence-electron chi connectivity index (χ0n) is 15.2. The van der Waals surface area contributed by atoms with Gasteiger partial charge in [0.25, 0.3) is 0 Å². The highest BCUT2D eigenvalue weighted by atomic mass is 16.3. The summed E-state index contributed by atoms with van der Waals surface area (Å²) in [6.07, 6.45) is -0.536.